The Morgan fingerprint density at radius 3 is 2.26 bits per heavy atom. The molecule has 0 spiro atoms. The molecule has 0 unspecified atom stereocenters. The van der Waals surface area contributed by atoms with E-state index in [4.69, 9.17) is 5.11 Å². The molecule has 0 bridgehead atoms. The molecule has 0 saturated carbocycles. The molecule has 0 aliphatic heterocycles. The average Bonchev–Trinajstić information content (AvgIpc) is 2.54. The van der Waals surface area contributed by atoms with Crippen LogP contribution in [0.4, 0.5) is 4.39 Å². The Balaban J connectivity index is 1.81. The highest BCUT2D eigenvalue weighted by atomic mass is 19.1. The third-order valence-corrected chi connectivity index (χ3v) is 3.27. The predicted octanol–water partition coefficient (Wildman–Crippen LogP) is 2.00. The van der Waals surface area contributed by atoms with Crippen LogP contribution < -0.4 is 10.6 Å². The number of aryl methyl sites for hydroxylation is 1. The van der Waals surface area contributed by atoms with E-state index >= 15 is 0 Å². The van der Waals surface area contributed by atoms with Gasteiger partial charge in [-0.3, -0.25) is 9.59 Å². The summed E-state index contributed by atoms with van der Waals surface area (Å²) in [6, 6.07) is 9.85. The second kappa shape index (κ2) is 7.40. The van der Waals surface area contributed by atoms with Gasteiger partial charge in [0, 0.05) is 24.2 Å². The molecule has 23 heavy (non-hydrogen) atoms. The molecule has 2 amide bonds. The number of hydrogen-bond acceptors (Lipinski definition) is 3. The minimum atomic E-state index is -0.471. The van der Waals surface area contributed by atoms with Gasteiger partial charge in [0.2, 0.25) is 0 Å². The van der Waals surface area contributed by atoms with E-state index in [1.807, 2.05) is 0 Å². The highest BCUT2D eigenvalue weighted by molar-refractivity contribution is 5.96. The SMILES string of the molecule is Cc1ccc(F)cc1C(=O)NCCNC(=O)c1ccc(O)cc1. The number of hydrogen-bond donors (Lipinski definition) is 3. The second-order valence-electron chi connectivity index (χ2n) is 5.02. The number of phenolic OH excluding ortho intramolecular Hbond substituents is 1. The molecule has 6 heteroatoms. The lowest BCUT2D eigenvalue weighted by molar-refractivity contribution is 0.0927. The lowest BCUT2D eigenvalue weighted by Gasteiger charge is -2.09. The molecule has 0 aliphatic rings. The summed E-state index contributed by atoms with van der Waals surface area (Å²) in [6.45, 7) is 2.18. The summed E-state index contributed by atoms with van der Waals surface area (Å²) in [5.74, 6) is -1.08. The fraction of sp³-hybridized carbons (Fsp3) is 0.176. The van der Waals surface area contributed by atoms with Crippen LogP contribution in [0.15, 0.2) is 42.5 Å². The van der Waals surface area contributed by atoms with Crippen LogP contribution in [-0.4, -0.2) is 30.0 Å². The molecule has 0 fully saturated rings. The largest absolute Gasteiger partial charge is 0.508 e. The molecule has 2 aromatic carbocycles. The van der Waals surface area contributed by atoms with E-state index in [2.05, 4.69) is 10.6 Å². The first-order valence-electron chi connectivity index (χ1n) is 7.09. The van der Waals surface area contributed by atoms with Gasteiger partial charge in [0.1, 0.15) is 11.6 Å². The molecule has 2 aromatic rings. The second-order valence-corrected chi connectivity index (χ2v) is 5.02. The van der Waals surface area contributed by atoms with E-state index < -0.39 is 5.82 Å². The van der Waals surface area contributed by atoms with Crippen LogP contribution in [0, 0.1) is 12.7 Å². The predicted molar refractivity (Wildman–Crippen MR) is 83.9 cm³/mol. The molecule has 0 saturated heterocycles. The smallest absolute Gasteiger partial charge is 0.251 e. The van der Waals surface area contributed by atoms with Gasteiger partial charge in [-0.05, 0) is 48.9 Å². The fourth-order valence-electron chi connectivity index (χ4n) is 2.00. The van der Waals surface area contributed by atoms with Crippen LogP contribution in [0.3, 0.4) is 0 Å². The van der Waals surface area contributed by atoms with Crippen LogP contribution >= 0.6 is 0 Å². The van der Waals surface area contributed by atoms with E-state index in [-0.39, 0.29) is 36.2 Å². The molecule has 3 N–H and O–H groups in total. The number of amides is 2. The zero-order valence-corrected chi connectivity index (χ0v) is 12.6. The van der Waals surface area contributed by atoms with Gasteiger partial charge in [0.15, 0.2) is 0 Å². The lowest BCUT2D eigenvalue weighted by atomic mass is 10.1. The maximum absolute atomic E-state index is 13.2. The lowest BCUT2D eigenvalue weighted by Crippen LogP contribution is -2.35. The Hall–Kier alpha value is -2.89. The normalized spacial score (nSPS) is 10.2. The van der Waals surface area contributed by atoms with Crippen molar-refractivity contribution in [3.63, 3.8) is 0 Å². The number of rotatable bonds is 5. The van der Waals surface area contributed by atoms with Crippen molar-refractivity contribution in [1.29, 1.82) is 0 Å². The molecule has 0 aliphatic carbocycles. The zero-order valence-electron chi connectivity index (χ0n) is 12.6. The third-order valence-electron chi connectivity index (χ3n) is 3.27. The number of nitrogens with one attached hydrogen (secondary N) is 2. The minimum absolute atomic E-state index is 0.0827. The Kier molecular flexibility index (Phi) is 5.30. The van der Waals surface area contributed by atoms with Crippen molar-refractivity contribution in [3.05, 3.63) is 65.0 Å². The Bertz CT molecular complexity index is 714. The Labute approximate surface area is 133 Å². The van der Waals surface area contributed by atoms with E-state index in [0.717, 1.165) is 0 Å². The Morgan fingerprint density at radius 1 is 1.00 bits per heavy atom. The summed E-state index contributed by atoms with van der Waals surface area (Å²) in [7, 11) is 0. The highest BCUT2D eigenvalue weighted by Gasteiger charge is 2.10. The molecule has 0 atom stereocenters. The summed E-state index contributed by atoms with van der Waals surface area (Å²) in [5, 5.41) is 14.4. The minimum Gasteiger partial charge on any atom is -0.508 e. The van der Waals surface area contributed by atoms with Crippen LogP contribution in [0.5, 0.6) is 5.75 Å². The van der Waals surface area contributed by atoms with Gasteiger partial charge in [-0.2, -0.15) is 0 Å². The van der Waals surface area contributed by atoms with Crippen molar-refractivity contribution < 1.29 is 19.1 Å². The maximum Gasteiger partial charge on any atom is 0.251 e. The first kappa shape index (κ1) is 16.5. The molecular weight excluding hydrogens is 299 g/mol. The summed E-state index contributed by atoms with van der Waals surface area (Å²) in [5.41, 5.74) is 1.36. The standard InChI is InChI=1S/C17H17FN2O3/c1-11-2-5-13(18)10-15(11)17(23)20-9-8-19-16(22)12-3-6-14(21)7-4-12/h2-7,10,21H,8-9H2,1H3,(H,19,22)(H,20,23). The van der Waals surface area contributed by atoms with Crippen LogP contribution in [-0.2, 0) is 0 Å². The van der Waals surface area contributed by atoms with E-state index in [0.29, 0.717) is 11.1 Å². The maximum atomic E-state index is 13.2. The molecule has 120 valence electrons. The van der Waals surface area contributed by atoms with Crippen LogP contribution in [0.1, 0.15) is 26.3 Å². The first-order valence-corrected chi connectivity index (χ1v) is 7.09. The number of phenols is 1. The summed E-state index contributed by atoms with van der Waals surface area (Å²) >= 11 is 0. The monoisotopic (exact) mass is 316 g/mol. The fourth-order valence-corrected chi connectivity index (χ4v) is 2.00. The molecule has 0 aromatic heterocycles. The van der Waals surface area contributed by atoms with Crippen molar-refractivity contribution in [1.82, 2.24) is 10.6 Å². The summed E-state index contributed by atoms with van der Waals surface area (Å²) < 4.78 is 13.2. The molecule has 5 nitrogen and oxygen atoms in total. The highest BCUT2D eigenvalue weighted by Crippen LogP contribution is 2.10. The zero-order chi connectivity index (χ0) is 16.8. The quantitative estimate of drug-likeness (QED) is 0.738. The van der Waals surface area contributed by atoms with Gasteiger partial charge in [0.25, 0.3) is 11.8 Å². The molecule has 0 radical (unpaired) electrons. The number of carbonyl (C=O) groups excluding carboxylic acids is 2. The van der Waals surface area contributed by atoms with Gasteiger partial charge < -0.3 is 15.7 Å². The molecular formula is C17H17FN2O3. The van der Waals surface area contributed by atoms with Crippen molar-refractivity contribution in [2.24, 2.45) is 0 Å². The third kappa shape index (κ3) is 4.54. The number of carbonyl (C=O) groups is 2. The summed E-state index contributed by atoms with van der Waals surface area (Å²) in [6.07, 6.45) is 0. The van der Waals surface area contributed by atoms with Crippen LogP contribution in [0.2, 0.25) is 0 Å². The van der Waals surface area contributed by atoms with Crippen molar-refractivity contribution in [2.45, 2.75) is 6.92 Å². The van der Waals surface area contributed by atoms with Gasteiger partial charge >= 0.3 is 0 Å². The van der Waals surface area contributed by atoms with Gasteiger partial charge in [-0.25, -0.2) is 4.39 Å². The number of benzene rings is 2. The Morgan fingerprint density at radius 2 is 1.61 bits per heavy atom. The summed E-state index contributed by atoms with van der Waals surface area (Å²) in [4.78, 5) is 23.8. The molecule has 2 rings (SSSR count). The van der Waals surface area contributed by atoms with E-state index in [9.17, 15) is 14.0 Å². The first-order chi connectivity index (χ1) is 11.0. The van der Waals surface area contributed by atoms with Crippen molar-refractivity contribution in [2.75, 3.05) is 13.1 Å². The number of aromatic hydroxyl groups is 1. The van der Waals surface area contributed by atoms with E-state index in [1.165, 1.54) is 42.5 Å². The van der Waals surface area contributed by atoms with Gasteiger partial charge in [-0.1, -0.05) is 6.07 Å². The topological polar surface area (TPSA) is 78.4 Å². The van der Waals surface area contributed by atoms with Crippen LogP contribution in [0.25, 0.3) is 0 Å². The average molecular weight is 316 g/mol. The van der Waals surface area contributed by atoms with Gasteiger partial charge in [0.05, 0.1) is 0 Å². The van der Waals surface area contributed by atoms with Gasteiger partial charge in [-0.15, -0.1) is 0 Å². The van der Waals surface area contributed by atoms with Crippen molar-refractivity contribution in [3.8, 4) is 5.75 Å². The number of halogens is 1. The van der Waals surface area contributed by atoms with Crippen molar-refractivity contribution >= 4 is 11.8 Å². The molecule has 0 heterocycles. The van der Waals surface area contributed by atoms with E-state index in [1.54, 1.807) is 6.92 Å².